The zero-order valence-electron chi connectivity index (χ0n) is 17.1. The predicted molar refractivity (Wildman–Crippen MR) is 124 cm³/mol. The summed E-state index contributed by atoms with van der Waals surface area (Å²) in [6.07, 6.45) is 11.5. The SMILES string of the molecule is CN=C(NCCc1ccncc1C)NC1CCN(C(=O)C2CCCCC2)C1.I. The molecule has 1 aliphatic heterocycles. The molecule has 1 saturated carbocycles. The Balaban J connectivity index is 0.00000280. The summed E-state index contributed by atoms with van der Waals surface area (Å²) >= 11 is 0. The summed E-state index contributed by atoms with van der Waals surface area (Å²) in [4.78, 5) is 23.2. The fraction of sp³-hybridized carbons (Fsp3) is 0.667. The maximum absolute atomic E-state index is 12.7. The molecule has 2 heterocycles. The first-order valence-corrected chi connectivity index (χ1v) is 10.3. The van der Waals surface area contributed by atoms with Crippen LogP contribution in [-0.2, 0) is 11.2 Å². The van der Waals surface area contributed by atoms with Gasteiger partial charge in [0.25, 0.3) is 0 Å². The fourth-order valence-corrected chi connectivity index (χ4v) is 4.17. The molecule has 156 valence electrons. The van der Waals surface area contributed by atoms with Gasteiger partial charge in [-0.3, -0.25) is 14.8 Å². The van der Waals surface area contributed by atoms with E-state index in [9.17, 15) is 4.79 Å². The van der Waals surface area contributed by atoms with Gasteiger partial charge in [-0.2, -0.15) is 0 Å². The number of likely N-dealkylation sites (tertiary alicyclic amines) is 1. The van der Waals surface area contributed by atoms with Gasteiger partial charge in [-0.05, 0) is 49.8 Å². The van der Waals surface area contributed by atoms with Crippen molar-refractivity contribution in [3.8, 4) is 0 Å². The molecule has 1 atom stereocenters. The monoisotopic (exact) mass is 499 g/mol. The Morgan fingerprint density at radius 2 is 2.07 bits per heavy atom. The van der Waals surface area contributed by atoms with Crippen molar-refractivity contribution in [2.45, 2.75) is 57.9 Å². The molecule has 3 rings (SSSR count). The van der Waals surface area contributed by atoms with Crippen LogP contribution in [0.4, 0.5) is 0 Å². The number of rotatable bonds is 5. The number of amides is 1. The van der Waals surface area contributed by atoms with Crippen molar-refractivity contribution in [2.75, 3.05) is 26.7 Å². The fourth-order valence-electron chi connectivity index (χ4n) is 4.17. The largest absolute Gasteiger partial charge is 0.356 e. The lowest BCUT2D eigenvalue weighted by molar-refractivity contribution is -0.135. The summed E-state index contributed by atoms with van der Waals surface area (Å²) in [6, 6.07) is 2.35. The van der Waals surface area contributed by atoms with Crippen LogP contribution in [-0.4, -0.2) is 54.5 Å². The van der Waals surface area contributed by atoms with Crippen LogP contribution in [0.25, 0.3) is 0 Å². The first kappa shape index (κ1) is 22.9. The Bertz CT molecular complexity index is 660. The van der Waals surface area contributed by atoms with Crippen LogP contribution in [0.1, 0.15) is 49.7 Å². The highest BCUT2D eigenvalue weighted by Crippen LogP contribution is 2.26. The predicted octanol–water partition coefficient (Wildman–Crippen LogP) is 2.90. The van der Waals surface area contributed by atoms with Crippen molar-refractivity contribution in [3.63, 3.8) is 0 Å². The molecule has 7 heteroatoms. The first-order chi connectivity index (χ1) is 13.2. The summed E-state index contributed by atoms with van der Waals surface area (Å²) in [5.74, 6) is 1.45. The van der Waals surface area contributed by atoms with E-state index in [1.165, 1.54) is 30.4 Å². The van der Waals surface area contributed by atoms with Gasteiger partial charge in [0.2, 0.25) is 5.91 Å². The average Bonchev–Trinajstić information content (AvgIpc) is 3.17. The maximum Gasteiger partial charge on any atom is 0.225 e. The van der Waals surface area contributed by atoms with E-state index in [-0.39, 0.29) is 35.9 Å². The Hall–Kier alpha value is -1.38. The molecule has 0 spiro atoms. The number of pyridine rings is 1. The number of aliphatic imine (C=N–C) groups is 1. The van der Waals surface area contributed by atoms with E-state index in [2.05, 4.69) is 38.5 Å². The van der Waals surface area contributed by atoms with Gasteiger partial charge in [0.15, 0.2) is 5.96 Å². The summed E-state index contributed by atoms with van der Waals surface area (Å²) in [6.45, 7) is 4.56. The summed E-state index contributed by atoms with van der Waals surface area (Å²) in [7, 11) is 1.80. The maximum atomic E-state index is 12.7. The summed E-state index contributed by atoms with van der Waals surface area (Å²) < 4.78 is 0. The molecule has 2 fully saturated rings. The summed E-state index contributed by atoms with van der Waals surface area (Å²) in [5, 5.41) is 6.88. The number of hydrogen-bond acceptors (Lipinski definition) is 3. The van der Waals surface area contributed by atoms with Crippen molar-refractivity contribution in [1.29, 1.82) is 0 Å². The van der Waals surface area contributed by atoms with Gasteiger partial charge in [0, 0.05) is 51.0 Å². The molecular weight excluding hydrogens is 465 g/mol. The van der Waals surface area contributed by atoms with Crippen LogP contribution < -0.4 is 10.6 Å². The lowest BCUT2D eigenvalue weighted by atomic mass is 9.88. The Morgan fingerprint density at radius 1 is 1.29 bits per heavy atom. The van der Waals surface area contributed by atoms with Crippen molar-refractivity contribution in [3.05, 3.63) is 29.6 Å². The normalized spacial score (nSPS) is 20.6. The molecule has 1 unspecified atom stereocenters. The molecule has 0 bridgehead atoms. The minimum atomic E-state index is 0. The van der Waals surface area contributed by atoms with Crippen LogP contribution in [0, 0.1) is 12.8 Å². The highest BCUT2D eigenvalue weighted by Gasteiger charge is 2.31. The molecule has 0 aromatic carbocycles. The Labute approximate surface area is 186 Å². The third-order valence-corrected chi connectivity index (χ3v) is 5.84. The molecule has 1 saturated heterocycles. The molecule has 2 N–H and O–H groups in total. The van der Waals surface area contributed by atoms with Gasteiger partial charge in [-0.15, -0.1) is 24.0 Å². The van der Waals surface area contributed by atoms with Crippen molar-refractivity contribution >= 4 is 35.8 Å². The second-order valence-electron chi connectivity index (χ2n) is 7.80. The van der Waals surface area contributed by atoms with Crippen molar-refractivity contribution in [1.82, 2.24) is 20.5 Å². The number of aryl methyl sites for hydroxylation is 1. The lowest BCUT2D eigenvalue weighted by Gasteiger charge is -2.26. The van der Waals surface area contributed by atoms with Gasteiger partial charge in [0.1, 0.15) is 0 Å². The number of carbonyl (C=O) groups excluding carboxylic acids is 1. The lowest BCUT2D eigenvalue weighted by Crippen LogP contribution is -2.46. The van der Waals surface area contributed by atoms with Crippen LogP contribution in [0.5, 0.6) is 0 Å². The Kier molecular flexibility index (Phi) is 9.47. The van der Waals surface area contributed by atoms with Gasteiger partial charge >= 0.3 is 0 Å². The number of hydrogen-bond donors (Lipinski definition) is 2. The standard InChI is InChI=1S/C21H33N5O.HI/c1-16-14-23-11-8-17(16)9-12-24-21(22-2)25-19-10-13-26(15-19)20(27)18-6-4-3-5-7-18;/h8,11,14,18-19H,3-7,9-10,12-13,15H2,1-2H3,(H2,22,24,25);1H. The topological polar surface area (TPSA) is 69.6 Å². The molecule has 1 amide bonds. The van der Waals surface area contributed by atoms with E-state index < -0.39 is 0 Å². The molecule has 1 aliphatic carbocycles. The molecule has 6 nitrogen and oxygen atoms in total. The van der Waals surface area contributed by atoms with Gasteiger partial charge in [-0.1, -0.05) is 19.3 Å². The number of nitrogens with zero attached hydrogens (tertiary/aromatic N) is 3. The van der Waals surface area contributed by atoms with E-state index in [0.29, 0.717) is 5.91 Å². The van der Waals surface area contributed by atoms with E-state index >= 15 is 0 Å². The Morgan fingerprint density at radius 3 is 2.79 bits per heavy atom. The minimum absolute atomic E-state index is 0. The second kappa shape index (κ2) is 11.6. The molecule has 28 heavy (non-hydrogen) atoms. The number of nitrogens with one attached hydrogen (secondary N) is 2. The van der Waals surface area contributed by atoms with Gasteiger partial charge in [-0.25, -0.2) is 0 Å². The second-order valence-corrected chi connectivity index (χ2v) is 7.80. The van der Waals surface area contributed by atoms with E-state index in [1.807, 2.05) is 12.4 Å². The van der Waals surface area contributed by atoms with E-state index in [0.717, 1.165) is 51.3 Å². The minimum Gasteiger partial charge on any atom is -0.356 e. The first-order valence-electron chi connectivity index (χ1n) is 10.3. The number of aromatic nitrogens is 1. The number of carbonyl (C=O) groups is 1. The van der Waals surface area contributed by atoms with E-state index in [4.69, 9.17) is 0 Å². The molecule has 2 aliphatic rings. The van der Waals surface area contributed by atoms with E-state index in [1.54, 1.807) is 7.05 Å². The molecule has 1 aromatic heterocycles. The van der Waals surface area contributed by atoms with Gasteiger partial charge in [0.05, 0.1) is 0 Å². The molecule has 0 radical (unpaired) electrons. The smallest absolute Gasteiger partial charge is 0.225 e. The third kappa shape index (κ3) is 6.32. The molecule has 1 aromatic rings. The van der Waals surface area contributed by atoms with Crippen LogP contribution in [0.3, 0.4) is 0 Å². The third-order valence-electron chi connectivity index (χ3n) is 5.84. The number of guanidine groups is 1. The van der Waals surface area contributed by atoms with Crippen molar-refractivity contribution in [2.24, 2.45) is 10.9 Å². The summed E-state index contributed by atoms with van der Waals surface area (Å²) in [5.41, 5.74) is 2.52. The van der Waals surface area contributed by atoms with Crippen LogP contribution in [0.15, 0.2) is 23.5 Å². The highest BCUT2D eigenvalue weighted by molar-refractivity contribution is 14.0. The molecular formula is C21H34IN5O. The quantitative estimate of drug-likeness (QED) is 0.372. The van der Waals surface area contributed by atoms with Crippen LogP contribution >= 0.6 is 24.0 Å². The zero-order chi connectivity index (χ0) is 19.1. The van der Waals surface area contributed by atoms with Crippen molar-refractivity contribution < 1.29 is 4.79 Å². The average molecular weight is 499 g/mol. The zero-order valence-corrected chi connectivity index (χ0v) is 19.4. The van der Waals surface area contributed by atoms with Gasteiger partial charge < -0.3 is 15.5 Å². The van der Waals surface area contributed by atoms with Crippen LogP contribution in [0.2, 0.25) is 0 Å². The number of halogens is 1. The highest BCUT2D eigenvalue weighted by atomic mass is 127.